The summed E-state index contributed by atoms with van der Waals surface area (Å²) < 4.78 is 5.81. The number of aryl methyl sites for hydroxylation is 1. The third-order valence-electron chi connectivity index (χ3n) is 3.42. The second kappa shape index (κ2) is 7.04. The highest BCUT2D eigenvalue weighted by molar-refractivity contribution is 9.10. The molecule has 1 N–H and O–H groups in total. The number of amides is 1. The maximum Gasteiger partial charge on any atom is 0.330 e. The van der Waals surface area contributed by atoms with Crippen molar-refractivity contribution < 1.29 is 14.3 Å². The molecular weight excluding hydrogens is 336 g/mol. The minimum atomic E-state index is -0.570. The third kappa shape index (κ3) is 3.63. The zero-order chi connectivity index (χ0) is 15.4. The number of carbonyl (C=O) groups excluding carboxylic acids is 2. The summed E-state index contributed by atoms with van der Waals surface area (Å²) in [5.41, 5.74) is 1.64. The van der Waals surface area contributed by atoms with Gasteiger partial charge in [-0.1, -0.05) is 6.07 Å². The van der Waals surface area contributed by atoms with Crippen molar-refractivity contribution in [1.29, 1.82) is 0 Å². The quantitative estimate of drug-likeness (QED) is 0.840. The minimum Gasteiger partial charge on any atom is -0.464 e. The van der Waals surface area contributed by atoms with E-state index in [2.05, 4.69) is 21.2 Å². The number of esters is 1. The van der Waals surface area contributed by atoms with Crippen LogP contribution in [0.2, 0.25) is 0 Å². The Labute approximate surface area is 132 Å². The Bertz CT molecular complexity index is 548. The van der Waals surface area contributed by atoms with Gasteiger partial charge in [-0.15, -0.1) is 0 Å². The molecule has 1 heterocycles. The second-order valence-electron chi connectivity index (χ2n) is 4.95. The van der Waals surface area contributed by atoms with Gasteiger partial charge in [0, 0.05) is 24.1 Å². The standard InChI is InChI=1S/C15H19BrN2O3/c1-3-21-15(20)13-9-17-6-7-18(13)14(19)11-5-4-10(2)8-12(11)16/h4-5,8,13,17H,3,6-7,9H2,1-2H3. The van der Waals surface area contributed by atoms with Gasteiger partial charge in [-0.05, 0) is 47.5 Å². The number of benzene rings is 1. The summed E-state index contributed by atoms with van der Waals surface area (Å²) in [6.07, 6.45) is 0. The van der Waals surface area contributed by atoms with E-state index in [1.807, 2.05) is 19.1 Å². The van der Waals surface area contributed by atoms with E-state index in [1.54, 1.807) is 17.9 Å². The monoisotopic (exact) mass is 354 g/mol. The van der Waals surface area contributed by atoms with Crippen molar-refractivity contribution in [3.63, 3.8) is 0 Å². The van der Waals surface area contributed by atoms with Gasteiger partial charge in [-0.2, -0.15) is 0 Å². The molecule has 1 aromatic carbocycles. The van der Waals surface area contributed by atoms with Crippen LogP contribution in [0.25, 0.3) is 0 Å². The molecule has 1 amide bonds. The molecule has 6 heteroatoms. The smallest absolute Gasteiger partial charge is 0.330 e. The maximum atomic E-state index is 12.7. The van der Waals surface area contributed by atoms with Crippen LogP contribution in [0.5, 0.6) is 0 Å². The zero-order valence-corrected chi connectivity index (χ0v) is 13.8. The van der Waals surface area contributed by atoms with Crippen LogP contribution in [0.3, 0.4) is 0 Å². The topological polar surface area (TPSA) is 58.6 Å². The molecule has 0 aromatic heterocycles. The second-order valence-corrected chi connectivity index (χ2v) is 5.81. The normalized spacial score (nSPS) is 18.4. The first-order chi connectivity index (χ1) is 10.0. The molecular formula is C15H19BrN2O3. The van der Waals surface area contributed by atoms with E-state index in [1.165, 1.54) is 0 Å². The lowest BCUT2D eigenvalue weighted by Gasteiger charge is -2.34. The van der Waals surface area contributed by atoms with Gasteiger partial charge >= 0.3 is 5.97 Å². The van der Waals surface area contributed by atoms with E-state index in [-0.39, 0.29) is 11.9 Å². The first-order valence-electron chi connectivity index (χ1n) is 6.99. The Morgan fingerprint density at radius 3 is 2.90 bits per heavy atom. The van der Waals surface area contributed by atoms with Crippen molar-refractivity contribution in [3.8, 4) is 0 Å². The number of carbonyl (C=O) groups is 2. The Kier molecular flexibility index (Phi) is 5.36. The van der Waals surface area contributed by atoms with Crippen LogP contribution in [0.4, 0.5) is 0 Å². The molecule has 1 aliphatic heterocycles. The van der Waals surface area contributed by atoms with Gasteiger partial charge in [0.2, 0.25) is 0 Å². The van der Waals surface area contributed by atoms with Gasteiger partial charge in [0.25, 0.3) is 5.91 Å². The molecule has 1 saturated heterocycles. The zero-order valence-electron chi connectivity index (χ0n) is 12.2. The number of rotatable bonds is 3. The Hall–Kier alpha value is -1.40. The molecule has 1 aliphatic rings. The van der Waals surface area contributed by atoms with E-state index < -0.39 is 6.04 Å². The van der Waals surface area contributed by atoms with Gasteiger partial charge in [0.15, 0.2) is 0 Å². The first kappa shape index (κ1) is 16.0. The molecule has 1 fully saturated rings. The molecule has 2 rings (SSSR count). The summed E-state index contributed by atoms with van der Waals surface area (Å²) in [5, 5.41) is 3.13. The van der Waals surface area contributed by atoms with Gasteiger partial charge in [0.05, 0.1) is 12.2 Å². The number of halogens is 1. The number of ether oxygens (including phenoxy) is 1. The fraction of sp³-hybridized carbons (Fsp3) is 0.467. The Balaban J connectivity index is 2.24. The van der Waals surface area contributed by atoms with Crippen LogP contribution in [-0.2, 0) is 9.53 Å². The number of hydrogen-bond donors (Lipinski definition) is 1. The van der Waals surface area contributed by atoms with Gasteiger partial charge < -0.3 is 15.0 Å². The summed E-state index contributed by atoms with van der Waals surface area (Å²) in [6, 6.07) is 5.00. The van der Waals surface area contributed by atoms with E-state index in [0.717, 1.165) is 10.0 Å². The summed E-state index contributed by atoms with van der Waals surface area (Å²) in [5.74, 6) is -0.511. The van der Waals surface area contributed by atoms with Crippen molar-refractivity contribution in [2.75, 3.05) is 26.2 Å². The molecule has 0 radical (unpaired) electrons. The van der Waals surface area contributed by atoms with Crippen LogP contribution in [0.15, 0.2) is 22.7 Å². The highest BCUT2D eigenvalue weighted by atomic mass is 79.9. The van der Waals surface area contributed by atoms with Crippen LogP contribution in [0, 0.1) is 6.92 Å². The molecule has 0 saturated carbocycles. The number of nitrogens with zero attached hydrogens (tertiary/aromatic N) is 1. The highest BCUT2D eigenvalue weighted by Gasteiger charge is 2.34. The number of hydrogen-bond acceptors (Lipinski definition) is 4. The molecule has 1 aromatic rings. The minimum absolute atomic E-state index is 0.151. The fourth-order valence-electron chi connectivity index (χ4n) is 2.34. The van der Waals surface area contributed by atoms with Gasteiger partial charge in [-0.3, -0.25) is 4.79 Å². The average molecular weight is 355 g/mol. The summed E-state index contributed by atoms with van der Waals surface area (Å²) in [7, 11) is 0. The highest BCUT2D eigenvalue weighted by Crippen LogP contribution is 2.21. The van der Waals surface area contributed by atoms with Crippen molar-refractivity contribution in [1.82, 2.24) is 10.2 Å². The molecule has 114 valence electrons. The lowest BCUT2D eigenvalue weighted by atomic mass is 10.1. The molecule has 1 atom stereocenters. The van der Waals surface area contributed by atoms with Crippen LogP contribution in [-0.4, -0.2) is 49.1 Å². The van der Waals surface area contributed by atoms with E-state index in [4.69, 9.17) is 4.74 Å². The van der Waals surface area contributed by atoms with E-state index >= 15 is 0 Å². The van der Waals surface area contributed by atoms with E-state index in [0.29, 0.717) is 31.8 Å². The lowest BCUT2D eigenvalue weighted by Crippen LogP contribution is -2.57. The largest absolute Gasteiger partial charge is 0.464 e. The predicted molar refractivity (Wildman–Crippen MR) is 83.2 cm³/mol. The number of piperazine rings is 1. The maximum absolute atomic E-state index is 12.7. The molecule has 0 bridgehead atoms. The van der Waals surface area contributed by atoms with Gasteiger partial charge in [0.1, 0.15) is 6.04 Å². The van der Waals surface area contributed by atoms with Crippen molar-refractivity contribution in [2.24, 2.45) is 0 Å². The van der Waals surface area contributed by atoms with Crippen LogP contribution >= 0.6 is 15.9 Å². The van der Waals surface area contributed by atoms with Crippen molar-refractivity contribution in [2.45, 2.75) is 19.9 Å². The SMILES string of the molecule is CCOC(=O)C1CNCCN1C(=O)c1ccc(C)cc1Br. The Morgan fingerprint density at radius 1 is 1.48 bits per heavy atom. The predicted octanol–water partition coefficient (Wildman–Crippen LogP) is 1.73. The third-order valence-corrected chi connectivity index (χ3v) is 4.07. The average Bonchev–Trinajstić information content (AvgIpc) is 2.47. The summed E-state index contributed by atoms with van der Waals surface area (Å²) in [4.78, 5) is 26.3. The number of nitrogens with one attached hydrogen (secondary N) is 1. The van der Waals surface area contributed by atoms with E-state index in [9.17, 15) is 9.59 Å². The molecule has 0 spiro atoms. The summed E-state index contributed by atoms with van der Waals surface area (Å²) >= 11 is 3.42. The Morgan fingerprint density at radius 2 is 2.24 bits per heavy atom. The summed E-state index contributed by atoms with van der Waals surface area (Å²) in [6.45, 7) is 5.62. The molecule has 0 aliphatic carbocycles. The molecule has 21 heavy (non-hydrogen) atoms. The van der Waals surface area contributed by atoms with Crippen molar-refractivity contribution in [3.05, 3.63) is 33.8 Å². The lowest BCUT2D eigenvalue weighted by molar-refractivity contribution is -0.149. The molecule has 1 unspecified atom stereocenters. The van der Waals surface area contributed by atoms with Crippen LogP contribution in [0.1, 0.15) is 22.8 Å². The molecule has 5 nitrogen and oxygen atoms in total. The van der Waals surface area contributed by atoms with Gasteiger partial charge in [-0.25, -0.2) is 4.79 Å². The fourth-order valence-corrected chi connectivity index (χ4v) is 3.01. The van der Waals surface area contributed by atoms with Crippen molar-refractivity contribution >= 4 is 27.8 Å². The first-order valence-corrected chi connectivity index (χ1v) is 7.78. The van der Waals surface area contributed by atoms with Crippen LogP contribution < -0.4 is 5.32 Å².